The number of amides is 1. The third-order valence-corrected chi connectivity index (χ3v) is 6.04. The average Bonchev–Trinajstić information content (AvgIpc) is 3.08. The monoisotopic (exact) mass is 396 g/mol. The van der Waals surface area contributed by atoms with E-state index < -0.39 is 5.60 Å². The van der Waals surface area contributed by atoms with E-state index in [1.165, 1.54) is 0 Å². The summed E-state index contributed by atoms with van der Waals surface area (Å²) in [4.78, 5) is 15.1. The maximum atomic E-state index is 13.3. The first-order chi connectivity index (χ1) is 13.4. The molecule has 1 saturated heterocycles. The number of para-hydroxylation sites is 1. The third-order valence-electron chi connectivity index (χ3n) is 5.79. The minimum Gasteiger partial charge on any atom is -0.385 e. The van der Waals surface area contributed by atoms with Crippen LogP contribution in [0.3, 0.4) is 0 Å². The SMILES string of the molecule is CC(C)n1cc(C(=O)N2CCC(O)(c3ccc(Cl)cc3)CC2)c2ccccc21. The molecule has 0 spiro atoms. The number of carbonyl (C=O) groups excluding carboxylic acids is 1. The Balaban J connectivity index is 1.56. The van der Waals surface area contributed by atoms with Gasteiger partial charge in [-0.05, 0) is 50.5 Å². The van der Waals surface area contributed by atoms with Gasteiger partial charge in [-0.3, -0.25) is 4.79 Å². The van der Waals surface area contributed by atoms with Gasteiger partial charge in [0, 0.05) is 41.3 Å². The summed E-state index contributed by atoms with van der Waals surface area (Å²) in [5.74, 6) is 0.0359. The highest BCUT2D eigenvalue weighted by Crippen LogP contribution is 2.34. The number of nitrogens with zero attached hydrogens (tertiary/aromatic N) is 2. The molecule has 1 aliphatic heterocycles. The molecule has 3 aromatic rings. The number of fused-ring (bicyclic) bond motifs is 1. The summed E-state index contributed by atoms with van der Waals surface area (Å²) in [6.45, 7) is 5.29. The van der Waals surface area contributed by atoms with Crippen molar-refractivity contribution >= 4 is 28.4 Å². The number of aliphatic hydroxyl groups is 1. The van der Waals surface area contributed by atoms with Crippen molar-refractivity contribution in [1.82, 2.24) is 9.47 Å². The van der Waals surface area contributed by atoms with E-state index in [0.717, 1.165) is 22.0 Å². The highest BCUT2D eigenvalue weighted by Gasteiger charge is 2.36. The lowest BCUT2D eigenvalue weighted by Crippen LogP contribution is -2.45. The van der Waals surface area contributed by atoms with Crippen LogP contribution < -0.4 is 0 Å². The first-order valence-electron chi connectivity index (χ1n) is 9.76. The highest BCUT2D eigenvalue weighted by atomic mass is 35.5. The molecule has 28 heavy (non-hydrogen) atoms. The van der Waals surface area contributed by atoms with Gasteiger partial charge in [-0.1, -0.05) is 41.9 Å². The van der Waals surface area contributed by atoms with Crippen molar-refractivity contribution in [2.75, 3.05) is 13.1 Å². The van der Waals surface area contributed by atoms with Gasteiger partial charge in [-0.25, -0.2) is 0 Å². The second-order valence-electron chi connectivity index (χ2n) is 7.89. The Morgan fingerprint density at radius 1 is 1.07 bits per heavy atom. The number of carbonyl (C=O) groups is 1. The lowest BCUT2D eigenvalue weighted by molar-refractivity contribution is -0.0211. The van der Waals surface area contributed by atoms with E-state index in [4.69, 9.17) is 11.6 Å². The maximum absolute atomic E-state index is 13.3. The molecule has 0 unspecified atom stereocenters. The van der Waals surface area contributed by atoms with Gasteiger partial charge in [0.05, 0.1) is 11.2 Å². The summed E-state index contributed by atoms with van der Waals surface area (Å²) >= 11 is 5.96. The van der Waals surface area contributed by atoms with E-state index in [-0.39, 0.29) is 11.9 Å². The zero-order valence-electron chi connectivity index (χ0n) is 16.2. The molecular weight excluding hydrogens is 372 g/mol. The van der Waals surface area contributed by atoms with Gasteiger partial charge >= 0.3 is 0 Å². The first-order valence-corrected chi connectivity index (χ1v) is 10.1. The minimum atomic E-state index is -0.909. The fraction of sp³-hybridized carbons (Fsp3) is 0.348. The van der Waals surface area contributed by atoms with Gasteiger partial charge in [-0.15, -0.1) is 0 Å². The van der Waals surface area contributed by atoms with Crippen LogP contribution in [0.2, 0.25) is 5.02 Å². The number of aromatic nitrogens is 1. The number of halogens is 1. The average molecular weight is 397 g/mol. The lowest BCUT2D eigenvalue weighted by atomic mass is 9.84. The zero-order valence-corrected chi connectivity index (χ0v) is 17.0. The van der Waals surface area contributed by atoms with E-state index in [1.54, 1.807) is 12.1 Å². The Morgan fingerprint density at radius 3 is 2.36 bits per heavy atom. The van der Waals surface area contributed by atoms with Crippen molar-refractivity contribution in [3.8, 4) is 0 Å². The van der Waals surface area contributed by atoms with Crippen molar-refractivity contribution in [3.05, 3.63) is 70.9 Å². The van der Waals surface area contributed by atoms with Gasteiger partial charge < -0.3 is 14.6 Å². The standard InChI is InChI=1S/C23H25ClN2O2/c1-16(2)26-15-20(19-5-3-4-6-21(19)26)22(27)25-13-11-23(28,12-14-25)17-7-9-18(24)10-8-17/h3-10,15-16,28H,11-14H2,1-2H3. The van der Waals surface area contributed by atoms with E-state index in [9.17, 15) is 9.90 Å². The summed E-state index contributed by atoms with van der Waals surface area (Å²) < 4.78 is 2.15. The predicted octanol–water partition coefficient (Wildman–Crippen LogP) is 5.00. The fourth-order valence-electron chi connectivity index (χ4n) is 4.10. The van der Waals surface area contributed by atoms with Crippen LogP contribution >= 0.6 is 11.6 Å². The van der Waals surface area contributed by atoms with Crippen molar-refractivity contribution in [2.24, 2.45) is 0 Å². The largest absolute Gasteiger partial charge is 0.385 e. The third kappa shape index (κ3) is 3.31. The summed E-state index contributed by atoms with van der Waals surface area (Å²) in [6.07, 6.45) is 3.00. The smallest absolute Gasteiger partial charge is 0.256 e. The number of piperidine rings is 1. The van der Waals surface area contributed by atoms with Crippen molar-refractivity contribution < 1.29 is 9.90 Å². The Labute approximate surface area is 170 Å². The van der Waals surface area contributed by atoms with Gasteiger partial charge in [0.1, 0.15) is 0 Å². The fourth-order valence-corrected chi connectivity index (χ4v) is 4.23. The second kappa shape index (κ2) is 7.26. The molecule has 4 rings (SSSR count). The summed E-state index contributed by atoms with van der Waals surface area (Å²) in [6, 6.07) is 15.7. The maximum Gasteiger partial charge on any atom is 0.256 e. The van der Waals surface area contributed by atoms with Crippen LogP contribution in [0.25, 0.3) is 10.9 Å². The molecule has 0 atom stereocenters. The summed E-state index contributed by atoms with van der Waals surface area (Å²) in [5, 5.41) is 12.7. The minimum absolute atomic E-state index is 0.0359. The molecule has 2 aromatic carbocycles. The Kier molecular flexibility index (Phi) is 4.94. The summed E-state index contributed by atoms with van der Waals surface area (Å²) in [7, 11) is 0. The van der Waals surface area contributed by atoms with Gasteiger partial charge in [0.15, 0.2) is 0 Å². The number of benzene rings is 2. The molecule has 2 heterocycles. The van der Waals surface area contributed by atoms with E-state index in [0.29, 0.717) is 31.0 Å². The normalized spacial score (nSPS) is 16.7. The van der Waals surface area contributed by atoms with Crippen LogP contribution in [0.15, 0.2) is 54.7 Å². The second-order valence-corrected chi connectivity index (χ2v) is 8.33. The van der Waals surface area contributed by atoms with Crippen molar-refractivity contribution in [1.29, 1.82) is 0 Å². The topological polar surface area (TPSA) is 45.5 Å². The molecule has 1 aromatic heterocycles. The van der Waals surface area contributed by atoms with Crippen molar-refractivity contribution in [3.63, 3.8) is 0 Å². The van der Waals surface area contributed by atoms with Gasteiger partial charge in [0.2, 0.25) is 0 Å². The molecule has 0 bridgehead atoms. The van der Waals surface area contributed by atoms with Crippen molar-refractivity contribution in [2.45, 2.75) is 38.3 Å². The molecule has 1 fully saturated rings. The number of hydrogen-bond donors (Lipinski definition) is 1. The van der Waals surface area contributed by atoms with Crippen LogP contribution in [0.4, 0.5) is 0 Å². The number of hydrogen-bond acceptors (Lipinski definition) is 2. The molecule has 1 aliphatic rings. The van der Waals surface area contributed by atoms with Crippen LogP contribution in [-0.4, -0.2) is 33.6 Å². The van der Waals surface area contributed by atoms with E-state index in [2.05, 4.69) is 24.5 Å². The molecule has 146 valence electrons. The molecule has 1 N–H and O–H groups in total. The van der Waals surface area contributed by atoms with Crippen LogP contribution in [0, 0.1) is 0 Å². The van der Waals surface area contributed by atoms with E-state index in [1.807, 2.05) is 41.4 Å². The van der Waals surface area contributed by atoms with Gasteiger partial charge in [0.25, 0.3) is 5.91 Å². The number of likely N-dealkylation sites (tertiary alicyclic amines) is 1. The van der Waals surface area contributed by atoms with Crippen LogP contribution in [0.5, 0.6) is 0 Å². The first kappa shape index (κ1) is 19.0. The molecular formula is C23H25ClN2O2. The Morgan fingerprint density at radius 2 is 1.71 bits per heavy atom. The predicted molar refractivity (Wildman–Crippen MR) is 113 cm³/mol. The zero-order chi connectivity index (χ0) is 19.9. The molecule has 1 amide bonds. The van der Waals surface area contributed by atoms with E-state index >= 15 is 0 Å². The molecule has 4 nitrogen and oxygen atoms in total. The quantitative estimate of drug-likeness (QED) is 0.677. The van der Waals surface area contributed by atoms with Crippen LogP contribution in [-0.2, 0) is 5.60 Å². The number of rotatable bonds is 3. The Bertz CT molecular complexity index is 999. The lowest BCUT2D eigenvalue weighted by Gasteiger charge is -2.38. The molecule has 0 radical (unpaired) electrons. The Hall–Kier alpha value is -2.30. The molecule has 0 aliphatic carbocycles. The van der Waals surface area contributed by atoms with Crippen LogP contribution in [0.1, 0.15) is 48.7 Å². The summed E-state index contributed by atoms with van der Waals surface area (Å²) in [5.41, 5.74) is 1.77. The highest BCUT2D eigenvalue weighted by molar-refractivity contribution is 6.30. The van der Waals surface area contributed by atoms with Gasteiger partial charge in [-0.2, -0.15) is 0 Å². The molecule has 5 heteroatoms. The molecule has 0 saturated carbocycles.